The summed E-state index contributed by atoms with van der Waals surface area (Å²) in [7, 11) is -1.34. The summed E-state index contributed by atoms with van der Waals surface area (Å²) in [5.41, 5.74) is 11.0. The van der Waals surface area contributed by atoms with E-state index in [1.807, 2.05) is 48.8 Å². The van der Waals surface area contributed by atoms with Crippen LogP contribution >= 0.6 is 0 Å². The summed E-state index contributed by atoms with van der Waals surface area (Å²) in [6.07, 6.45) is 5.62. The van der Waals surface area contributed by atoms with Gasteiger partial charge in [-0.15, -0.1) is 59.2 Å². The molecule has 8 aromatic rings. The fourth-order valence-electron chi connectivity index (χ4n) is 6.09. The molecule has 3 aromatic heterocycles. The largest absolute Gasteiger partial charge is 0.500 e. The number of fused-ring (bicyclic) bond motifs is 3. The Morgan fingerprint density at radius 3 is 2.02 bits per heavy atom. The van der Waals surface area contributed by atoms with Crippen LogP contribution in [-0.2, 0) is 32.9 Å². The van der Waals surface area contributed by atoms with Crippen LogP contribution < -0.4 is 5.19 Å². The number of furan rings is 1. The van der Waals surface area contributed by atoms with E-state index in [0.717, 1.165) is 57.3 Å². The molecule has 0 aliphatic carbocycles. The topological polar surface area (TPSA) is 38.9 Å². The van der Waals surface area contributed by atoms with Crippen molar-refractivity contribution in [3.05, 3.63) is 186 Å². The molecule has 0 aliphatic heterocycles. The molecule has 0 saturated carbocycles. The van der Waals surface area contributed by atoms with E-state index in [2.05, 4.69) is 145 Å². The number of rotatable bonds is 7. The molecule has 0 aliphatic rings. The molecule has 0 amide bonds. The number of hydrogen-bond acceptors (Lipinski definition) is 3. The molecular weight excluding hydrogens is 805 g/mol. The fraction of sp³-hybridized carbons (Fsp3) is 0.111. The molecule has 249 valence electrons. The predicted molar refractivity (Wildman–Crippen MR) is 206 cm³/mol. The summed E-state index contributed by atoms with van der Waals surface area (Å²) in [5, 5.41) is 3.66. The van der Waals surface area contributed by atoms with Crippen LogP contribution in [0, 0.1) is 12.1 Å². The van der Waals surface area contributed by atoms with E-state index in [-0.39, 0.29) is 20.1 Å². The molecule has 0 fully saturated rings. The molecule has 0 N–H and O–H groups in total. The molecule has 5 heteroatoms. The summed E-state index contributed by atoms with van der Waals surface area (Å²) in [5.74, 6) is 0. The Morgan fingerprint density at radius 1 is 0.580 bits per heavy atom. The Kier molecular flexibility index (Phi) is 11.0. The quantitative estimate of drug-likeness (QED) is 0.119. The van der Waals surface area contributed by atoms with E-state index in [0.29, 0.717) is 0 Å². The molecular formula is C45H38IrN2OSi-2. The number of para-hydroxylation sites is 1. The predicted octanol–water partition coefficient (Wildman–Crippen LogP) is 10.7. The minimum Gasteiger partial charge on any atom is -0.500 e. The van der Waals surface area contributed by atoms with Crippen molar-refractivity contribution in [1.82, 2.24) is 9.97 Å². The van der Waals surface area contributed by atoms with Gasteiger partial charge in [0.05, 0.1) is 13.7 Å². The zero-order valence-electron chi connectivity index (χ0n) is 28.5. The van der Waals surface area contributed by atoms with Crippen molar-refractivity contribution < 1.29 is 24.5 Å². The second kappa shape index (κ2) is 15.7. The van der Waals surface area contributed by atoms with E-state index >= 15 is 0 Å². The summed E-state index contributed by atoms with van der Waals surface area (Å²) < 4.78 is 5.89. The van der Waals surface area contributed by atoms with Crippen molar-refractivity contribution in [1.29, 1.82) is 0 Å². The van der Waals surface area contributed by atoms with Gasteiger partial charge in [0.25, 0.3) is 0 Å². The molecule has 5 aromatic carbocycles. The molecule has 0 bridgehead atoms. The summed E-state index contributed by atoms with van der Waals surface area (Å²) >= 11 is 0. The maximum atomic E-state index is 5.89. The Hall–Kier alpha value is -4.93. The van der Waals surface area contributed by atoms with Gasteiger partial charge in [-0.25, -0.2) is 0 Å². The van der Waals surface area contributed by atoms with Crippen LogP contribution in [0.15, 0.2) is 156 Å². The average Bonchev–Trinajstić information content (AvgIpc) is 3.51. The SMILES string of the molecule is C[Si](C)(C)c1ccnc(-c2[c-]cccc2Cc2ccccc2)c1.[Ir].[c-]1cc2oc3ccccc3c2cc1-c1cc(Cc2ccccc2)ccn1. The first-order valence-electron chi connectivity index (χ1n) is 16.7. The van der Waals surface area contributed by atoms with Gasteiger partial charge < -0.3 is 14.4 Å². The zero-order chi connectivity index (χ0) is 33.6. The monoisotopic (exact) mass is 843 g/mol. The normalized spacial score (nSPS) is 11.1. The van der Waals surface area contributed by atoms with Crippen LogP contribution in [0.1, 0.15) is 22.3 Å². The standard InChI is InChI=1S/C24H16NO.C21H22NSi.Ir/c1-2-6-17(7-3-1)14-18-12-13-25-22(15-18)19-10-11-24-21(16-19)20-8-4-5-9-23(20)26-24;1-23(2,3)19-13-14-22-21(16-19)20-12-8-7-11-18(20)15-17-9-5-4-6-10-17;/h1-9,11-13,15-16H,14H2;4-11,13-14,16H,15H2,1-3H3;/q2*-1;. The Bertz CT molecular complexity index is 2330. The van der Waals surface area contributed by atoms with Crippen LogP contribution in [0.3, 0.4) is 0 Å². The van der Waals surface area contributed by atoms with E-state index in [4.69, 9.17) is 4.42 Å². The van der Waals surface area contributed by atoms with Crippen molar-refractivity contribution in [2.45, 2.75) is 32.5 Å². The maximum absolute atomic E-state index is 5.89. The molecule has 0 saturated heterocycles. The molecule has 3 heterocycles. The number of hydrogen-bond donors (Lipinski definition) is 0. The minimum absolute atomic E-state index is 0. The van der Waals surface area contributed by atoms with Gasteiger partial charge in [-0.05, 0) is 53.6 Å². The van der Waals surface area contributed by atoms with E-state index in [1.54, 1.807) is 0 Å². The van der Waals surface area contributed by atoms with Crippen molar-refractivity contribution in [2.24, 2.45) is 0 Å². The second-order valence-electron chi connectivity index (χ2n) is 13.3. The van der Waals surface area contributed by atoms with E-state index in [1.165, 1.54) is 27.4 Å². The molecule has 1 radical (unpaired) electrons. The van der Waals surface area contributed by atoms with Crippen molar-refractivity contribution >= 4 is 35.2 Å². The first kappa shape index (κ1) is 34.9. The van der Waals surface area contributed by atoms with Crippen LogP contribution in [0.5, 0.6) is 0 Å². The molecule has 8 rings (SSSR count). The number of aromatic nitrogens is 2. The van der Waals surface area contributed by atoms with Gasteiger partial charge in [0.1, 0.15) is 5.58 Å². The smallest absolute Gasteiger partial charge is 0.120 e. The molecule has 0 unspecified atom stereocenters. The zero-order valence-corrected chi connectivity index (χ0v) is 31.9. The van der Waals surface area contributed by atoms with Gasteiger partial charge >= 0.3 is 0 Å². The van der Waals surface area contributed by atoms with Crippen LogP contribution in [0.25, 0.3) is 44.5 Å². The third kappa shape index (κ3) is 8.26. The average molecular weight is 843 g/mol. The van der Waals surface area contributed by atoms with Gasteiger partial charge in [-0.2, -0.15) is 0 Å². The Balaban J connectivity index is 0.000000171. The third-order valence-corrected chi connectivity index (χ3v) is 10.8. The van der Waals surface area contributed by atoms with Gasteiger partial charge in [0, 0.05) is 37.9 Å². The molecule has 3 nitrogen and oxygen atoms in total. The van der Waals surface area contributed by atoms with E-state index < -0.39 is 8.07 Å². The third-order valence-electron chi connectivity index (χ3n) is 8.72. The van der Waals surface area contributed by atoms with Gasteiger partial charge in [-0.1, -0.05) is 127 Å². The summed E-state index contributed by atoms with van der Waals surface area (Å²) in [6, 6.07) is 54.8. The van der Waals surface area contributed by atoms with Crippen LogP contribution in [-0.4, -0.2) is 18.0 Å². The summed E-state index contributed by atoms with van der Waals surface area (Å²) in [4.78, 5) is 9.18. The molecule has 0 atom stereocenters. The summed E-state index contributed by atoms with van der Waals surface area (Å²) in [6.45, 7) is 7.10. The second-order valence-corrected chi connectivity index (χ2v) is 18.4. The molecule has 50 heavy (non-hydrogen) atoms. The first-order valence-corrected chi connectivity index (χ1v) is 20.2. The molecule has 0 spiro atoms. The Labute approximate surface area is 309 Å². The fourth-order valence-corrected chi connectivity index (χ4v) is 7.23. The van der Waals surface area contributed by atoms with Gasteiger partial charge in [0.15, 0.2) is 0 Å². The van der Waals surface area contributed by atoms with Crippen LogP contribution in [0.4, 0.5) is 0 Å². The van der Waals surface area contributed by atoms with Crippen molar-refractivity contribution in [3.8, 4) is 22.5 Å². The van der Waals surface area contributed by atoms with Gasteiger partial charge in [0.2, 0.25) is 0 Å². The maximum Gasteiger partial charge on any atom is 0.120 e. The van der Waals surface area contributed by atoms with Gasteiger partial charge in [-0.3, -0.25) is 0 Å². The number of benzene rings is 5. The Morgan fingerprint density at radius 2 is 1.26 bits per heavy atom. The van der Waals surface area contributed by atoms with Crippen molar-refractivity contribution in [3.63, 3.8) is 0 Å². The number of nitrogens with zero attached hydrogens (tertiary/aromatic N) is 2. The minimum atomic E-state index is -1.34. The van der Waals surface area contributed by atoms with E-state index in [9.17, 15) is 0 Å². The van der Waals surface area contributed by atoms with Crippen LogP contribution in [0.2, 0.25) is 19.6 Å². The van der Waals surface area contributed by atoms with Crippen molar-refractivity contribution in [2.75, 3.05) is 0 Å². The first-order chi connectivity index (χ1) is 23.9. The number of pyridine rings is 2.